The summed E-state index contributed by atoms with van der Waals surface area (Å²) in [7, 11) is 3.62. The van der Waals surface area contributed by atoms with Crippen molar-refractivity contribution in [1.29, 1.82) is 0 Å². The largest absolute Gasteiger partial charge is 0.370 e. The zero-order valence-electron chi connectivity index (χ0n) is 15.0. The van der Waals surface area contributed by atoms with Crippen LogP contribution < -0.4 is 0 Å². The number of carbonyl (C=O) groups excluding carboxylic acids is 1. The number of hydrogen-bond donors (Lipinski definition) is 0. The monoisotopic (exact) mass is 330 g/mol. The van der Waals surface area contributed by atoms with Crippen molar-refractivity contribution in [2.24, 2.45) is 0 Å². The van der Waals surface area contributed by atoms with E-state index in [1.807, 2.05) is 38.4 Å². The molecule has 1 saturated heterocycles. The Morgan fingerprint density at radius 1 is 1.29 bits per heavy atom. The molecule has 0 aromatic heterocycles. The first-order valence-corrected chi connectivity index (χ1v) is 8.76. The van der Waals surface area contributed by atoms with Crippen LogP contribution in [0, 0.1) is 0 Å². The van der Waals surface area contributed by atoms with Gasteiger partial charge < -0.3 is 14.5 Å². The minimum Gasteiger partial charge on any atom is -0.370 e. The molecule has 1 aliphatic heterocycles. The fraction of sp³-hybridized carbons (Fsp3) is 0.550. The van der Waals surface area contributed by atoms with E-state index in [0.717, 1.165) is 38.9 Å². The molecule has 1 aromatic rings. The molecule has 0 unspecified atom stereocenters. The summed E-state index contributed by atoms with van der Waals surface area (Å²) in [4.78, 5) is 15.8. The predicted octanol–water partition coefficient (Wildman–Crippen LogP) is 3.09. The molecule has 0 aliphatic carbocycles. The molecule has 0 spiro atoms. The minimum atomic E-state index is -0.111. The van der Waals surface area contributed by atoms with Crippen LogP contribution in [0.3, 0.4) is 0 Å². The van der Waals surface area contributed by atoms with Gasteiger partial charge in [-0.3, -0.25) is 4.79 Å². The van der Waals surface area contributed by atoms with Gasteiger partial charge in [0, 0.05) is 40.2 Å². The maximum Gasteiger partial charge on any atom is 0.223 e. The Balaban J connectivity index is 1.84. The van der Waals surface area contributed by atoms with Gasteiger partial charge in [-0.1, -0.05) is 36.4 Å². The fourth-order valence-electron chi connectivity index (χ4n) is 3.14. The first-order chi connectivity index (χ1) is 11.5. The molecule has 1 aliphatic rings. The van der Waals surface area contributed by atoms with E-state index in [4.69, 9.17) is 4.74 Å². The Bertz CT molecular complexity index is 520. The van der Waals surface area contributed by atoms with Gasteiger partial charge in [0.1, 0.15) is 0 Å². The van der Waals surface area contributed by atoms with Crippen molar-refractivity contribution in [3.8, 4) is 0 Å². The van der Waals surface area contributed by atoms with Crippen LogP contribution in [-0.4, -0.2) is 55.0 Å². The average molecular weight is 330 g/mol. The van der Waals surface area contributed by atoms with Gasteiger partial charge in [-0.25, -0.2) is 0 Å². The highest BCUT2D eigenvalue weighted by atomic mass is 16.5. The summed E-state index contributed by atoms with van der Waals surface area (Å²) in [5.74, 6) is 0.193. The van der Waals surface area contributed by atoms with Crippen molar-refractivity contribution in [2.45, 2.75) is 37.9 Å². The summed E-state index contributed by atoms with van der Waals surface area (Å²) in [6, 6.07) is 10.3. The molecule has 24 heavy (non-hydrogen) atoms. The lowest BCUT2D eigenvalue weighted by Crippen LogP contribution is -2.46. The number of likely N-dealkylation sites (tertiary alicyclic amines) is 1. The van der Waals surface area contributed by atoms with E-state index in [2.05, 4.69) is 23.6 Å². The first-order valence-electron chi connectivity index (χ1n) is 8.76. The van der Waals surface area contributed by atoms with Crippen LogP contribution >= 0.6 is 0 Å². The number of nitrogens with zero attached hydrogens (tertiary/aromatic N) is 2. The summed E-state index contributed by atoms with van der Waals surface area (Å²) in [6.45, 7) is 7.34. The van der Waals surface area contributed by atoms with Crippen molar-refractivity contribution < 1.29 is 9.53 Å². The summed E-state index contributed by atoms with van der Waals surface area (Å²) in [5.41, 5.74) is 1.10. The Kier molecular flexibility index (Phi) is 7.00. The number of carbonyl (C=O) groups is 1. The van der Waals surface area contributed by atoms with E-state index in [1.165, 1.54) is 5.56 Å². The third-order valence-corrected chi connectivity index (χ3v) is 4.81. The van der Waals surface area contributed by atoms with Crippen molar-refractivity contribution in [3.05, 3.63) is 48.6 Å². The number of amides is 1. The van der Waals surface area contributed by atoms with Gasteiger partial charge in [0.25, 0.3) is 0 Å². The lowest BCUT2D eigenvalue weighted by atomic mass is 9.87. The molecule has 1 heterocycles. The first kappa shape index (κ1) is 18.7. The van der Waals surface area contributed by atoms with E-state index in [9.17, 15) is 4.79 Å². The zero-order chi connectivity index (χ0) is 17.4. The Labute approximate surface area is 146 Å². The average Bonchev–Trinajstić information content (AvgIpc) is 2.60. The maximum atomic E-state index is 11.7. The highest BCUT2D eigenvalue weighted by molar-refractivity contribution is 5.75. The topological polar surface area (TPSA) is 32.8 Å². The Morgan fingerprint density at radius 2 is 1.96 bits per heavy atom. The SMILES string of the molecule is C=CCC1(OCc2ccccc2)CCN(CCC(=O)N(C)C)CC1. The molecule has 2 rings (SSSR count). The lowest BCUT2D eigenvalue weighted by molar-refractivity contribution is -0.129. The smallest absolute Gasteiger partial charge is 0.223 e. The van der Waals surface area contributed by atoms with Crippen LogP contribution in [0.2, 0.25) is 0 Å². The molecule has 0 radical (unpaired) electrons. The summed E-state index contributed by atoms with van der Waals surface area (Å²) >= 11 is 0. The predicted molar refractivity (Wildman–Crippen MR) is 97.8 cm³/mol. The molecule has 4 nitrogen and oxygen atoms in total. The molecule has 0 N–H and O–H groups in total. The van der Waals surface area contributed by atoms with Crippen molar-refractivity contribution in [1.82, 2.24) is 9.80 Å². The second-order valence-electron chi connectivity index (χ2n) is 6.83. The third kappa shape index (κ3) is 5.46. The number of hydrogen-bond acceptors (Lipinski definition) is 3. The Morgan fingerprint density at radius 3 is 2.54 bits per heavy atom. The molecular weight excluding hydrogens is 300 g/mol. The quantitative estimate of drug-likeness (QED) is 0.687. The Hall–Kier alpha value is -1.65. The summed E-state index contributed by atoms with van der Waals surface area (Å²) in [6.07, 6.45) is 5.41. The molecule has 1 aromatic carbocycles. The van der Waals surface area contributed by atoms with Gasteiger partial charge in [-0.15, -0.1) is 6.58 Å². The van der Waals surface area contributed by atoms with Crippen LogP contribution in [-0.2, 0) is 16.1 Å². The van der Waals surface area contributed by atoms with Crippen molar-refractivity contribution >= 4 is 5.91 Å². The standard InChI is InChI=1S/C20H30N2O2/c1-4-11-20(24-17-18-8-6-5-7-9-18)12-15-22(16-13-20)14-10-19(23)21(2)3/h4-9H,1,10-17H2,2-3H3. The molecule has 0 saturated carbocycles. The van der Waals surface area contributed by atoms with Gasteiger partial charge in [-0.2, -0.15) is 0 Å². The van der Waals surface area contributed by atoms with E-state index >= 15 is 0 Å². The zero-order valence-corrected chi connectivity index (χ0v) is 15.0. The second kappa shape index (κ2) is 9.00. The van der Waals surface area contributed by atoms with Gasteiger partial charge in [0.2, 0.25) is 5.91 Å². The molecule has 0 atom stereocenters. The van der Waals surface area contributed by atoms with Crippen molar-refractivity contribution in [3.63, 3.8) is 0 Å². The molecule has 1 amide bonds. The van der Waals surface area contributed by atoms with Crippen molar-refractivity contribution in [2.75, 3.05) is 33.7 Å². The van der Waals surface area contributed by atoms with Crippen LogP contribution in [0.25, 0.3) is 0 Å². The number of piperidine rings is 1. The highest BCUT2D eigenvalue weighted by Crippen LogP contribution is 2.31. The third-order valence-electron chi connectivity index (χ3n) is 4.81. The number of rotatable bonds is 8. The molecule has 4 heteroatoms. The van der Waals surface area contributed by atoms with E-state index in [1.54, 1.807) is 4.90 Å². The molecule has 0 bridgehead atoms. The summed E-state index contributed by atoms with van der Waals surface area (Å²) < 4.78 is 6.34. The van der Waals surface area contributed by atoms with Gasteiger partial charge in [-0.05, 0) is 24.8 Å². The molecular formula is C20H30N2O2. The minimum absolute atomic E-state index is 0.111. The number of benzene rings is 1. The van der Waals surface area contributed by atoms with Crippen LogP contribution in [0.4, 0.5) is 0 Å². The number of ether oxygens (including phenoxy) is 1. The van der Waals surface area contributed by atoms with E-state index in [-0.39, 0.29) is 11.5 Å². The maximum absolute atomic E-state index is 11.7. The van der Waals surface area contributed by atoms with Gasteiger partial charge >= 0.3 is 0 Å². The summed E-state index contributed by atoms with van der Waals surface area (Å²) in [5, 5.41) is 0. The second-order valence-corrected chi connectivity index (χ2v) is 6.83. The van der Waals surface area contributed by atoms with Crippen LogP contribution in [0.1, 0.15) is 31.2 Å². The van der Waals surface area contributed by atoms with Gasteiger partial charge in [0.05, 0.1) is 12.2 Å². The normalized spacial score (nSPS) is 17.4. The van der Waals surface area contributed by atoms with Crippen LogP contribution in [0.5, 0.6) is 0 Å². The fourth-order valence-corrected chi connectivity index (χ4v) is 3.14. The van der Waals surface area contributed by atoms with E-state index in [0.29, 0.717) is 13.0 Å². The van der Waals surface area contributed by atoms with Gasteiger partial charge in [0.15, 0.2) is 0 Å². The lowest BCUT2D eigenvalue weighted by Gasteiger charge is -2.41. The molecule has 1 fully saturated rings. The molecule has 132 valence electrons. The highest BCUT2D eigenvalue weighted by Gasteiger charge is 2.34. The van der Waals surface area contributed by atoms with E-state index < -0.39 is 0 Å². The van der Waals surface area contributed by atoms with Crippen LogP contribution in [0.15, 0.2) is 43.0 Å².